The third-order valence-corrected chi connectivity index (χ3v) is 4.93. The van der Waals surface area contributed by atoms with Gasteiger partial charge in [0, 0.05) is 6.54 Å². The van der Waals surface area contributed by atoms with Crippen molar-refractivity contribution < 1.29 is 19.1 Å². The highest BCUT2D eigenvalue weighted by molar-refractivity contribution is 7.12. The highest BCUT2D eigenvalue weighted by Crippen LogP contribution is 2.30. The third-order valence-electron chi connectivity index (χ3n) is 4.08. The topological polar surface area (TPSA) is 88.4 Å². The van der Waals surface area contributed by atoms with Crippen LogP contribution in [0.15, 0.2) is 71.6 Å². The number of carbonyl (C=O) groups excluding carboxylic acids is 2. The number of thiophene rings is 1. The van der Waals surface area contributed by atoms with Crippen molar-refractivity contribution in [2.24, 2.45) is 0 Å². The minimum absolute atomic E-state index is 0.0451. The number of benzene rings is 2. The molecule has 0 fully saturated rings. The maximum absolute atomic E-state index is 12.3. The van der Waals surface area contributed by atoms with Crippen molar-refractivity contribution in [1.82, 2.24) is 5.32 Å². The lowest BCUT2D eigenvalue weighted by Gasteiger charge is -2.10. The predicted molar refractivity (Wildman–Crippen MR) is 114 cm³/mol. The normalized spacial score (nSPS) is 10.7. The molecular weight excluding hydrogens is 400 g/mol. The van der Waals surface area contributed by atoms with Crippen LogP contribution in [-0.2, 0) is 11.3 Å². The van der Waals surface area contributed by atoms with Crippen molar-refractivity contribution in [1.29, 1.82) is 5.26 Å². The van der Waals surface area contributed by atoms with Crippen molar-refractivity contribution in [2.75, 3.05) is 7.11 Å². The van der Waals surface area contributed by atoms with Gasteiger partial charge in [0.2, 0.25) is 0 Å². The Balaban J connectivity index is 1.73. The molecule has 150 valence electrons. The number of nitriles is 1. The zero-order valence-corrected chi connectivity index (χ0v) is 16.9. The fourth-order valence-corrected chi connectivity index (χ4v) is 3.19. The van der Waals surface area contributed by atoms with E-state index in [-0.39, 0.29) is 11.3 Å². The van der Waals surface area contributed by atoms with Crippen LogP contribution in [0.4, 0.5) is 0 Å². The summed E-state index contributed by atoms with van der Waals surface area (Å²) in [5.41, 5.74) is 1.45. The van der Waals surface area contributed by atoms with Gasteiger partial charge in [-0.05, 0) is 40.8 Å². The fourth-order valence-electron chi connectivity index (χ4n) is 2.59. The second-order valence-electron chi connectivity index (χ2n) is 6.12. The molecule has 7 heteroatoms. The highest BCUT2D eigenvalue weighted by Gasteiger charge is 2.14. The largest absolute Gasteiger partial charge is 0.493 e. The first kappa shape index (κ1) is 20.8. The molecule has 3 rings (SSSR count). The summed E-state index contributed by atoms with van der Waals surface area (Å²) in [6.07, 6.45) is 1.45. The molecule has 0 atom stereocenters. The molecule has 0 aliphatic carbocycles. The van der Waals surface area contributed by atoms with Crippen molar-refractivity contribution in [3.63, 3.8) is 0 Å². The zero-order valence-electron chi connectivity index (χ0n) is 16.1. The second-order valence-corrected chi connectivity index (χ2v) is 7.06. The average Bonchev–Trinajstić information content (AvgIpc) is 3.32. The number of amides is 1. The van der Waals surface area contributed by atoms with Gasteiger partial charge in [-0.1, -0.05) is 42.5 Å². The van der Waals surface area contributed by atoms with Gasteiger partial charge >= 0.3 is 5.97 Å². The maximum atomic E-state index is 12.3. The van der Waals surface area contributed by atoms with Gasteiger partial charge in [0.25, 0.3) is 5.91 Å². The van der Waals surface area contributed by atoms with Crippen molar-refractivity contribution in [3.05, 3.63) is 87.6 Å². The van der Waals surface area contributed by atoms with E-state index >= 15 is 0 Å². The van der Waals surface area contributed by atoms with E-state index in [1.165, 1.54) is 24.5 Å². The Hall–Kier alpha value is -3.89. The minimum Gasteiger partial charge on any atom is -0.493 e. The monoisotopic (exact) mass is 418 g/mol. The first-order valence-corrected chi connectivity index (χ1v) is 9.86. The Morgan fingerprint density at radius 3 is 2.57 bits per heavy atom. The second kappa shape index (κ2) is 10.0. The van der Waals surface area contributed by atoms with Crippen LogP contribution in [0.5, 0.6) is 11.5 Å². The van der Waals surface area contributed by atoms with Gasteiger partial charge in [0.1, 0.15) is 16.5 Å². The molecule has 1 heterocycles. The van der Waals surface area contributed by atoms with E-state index in [2.05, 4.69) is 5.32 Å². The van der Waals surface area contributed by atoms with Crippen LogP contribution in [0.3, 0.4) is 0 Å². The first-order chi connectivity index (χ1) is 14.6. The van der Waals surface area contributed by atoms with Gasteiger partial charge in [-0.25, -0.2) is 4.79 Å². The molecule has 30 heavy (non-hydrogen) atoms. The Labute approximate surface area is 178 Å². The van der Waals surface area contributed by atoms with Gasteiger partial charge in [-0.3, -0.25) is 4.79 Å². The van der Waals surface area contributed by atoms with Crippen LogP contribution in [-0.4, -0.2) is 19.0 Å². The van der Waals surface area contributed by atoms with Crippen LogP contribution in [0, 0.1) is 11.3 Å². The van der Waals surface area contributed by atoms with E-state index in [0.29, 0.717) is 22.7 Å². The molecule has 0 saturated heterocycles. The molecule has 0 aliphatic heterocycles. The van der Waals surface area contributed by atoms with Crippen LogP contribution >= 0.6 is 11.3 Å². The quantitative estimate of drug-likeness (QED) is 0.269. The molecule has 1 N–H and O–H groups in total. The summed E-state index contributed by atoms with van der Waals surface area (Å²) in [7, 11) is 1.45. The smallest absolute Gasteiger partial charge is 0.353 e. The van der Waals surface area contributed by atoms with Gasteiger partial charge in [-0.15, -0.1) is 11.3 Å². The third kappa shape index (κ3) is 5.34. The molecule has 2 aromatic carbocycles. The summed E-state index contributed by atoms with van der Waals surface area (Å²) in [6, 6.07) is 19.6. The predicted octanol–water partition coefficient (Wildman–Crippen LogP) is 4.20. The van der Waals surface area contributed by atoms with Crippen molar-refractivity contribution >= 4 is 29.3 Å². The van der Waals surface area contributed by atoms with E-state index in [0.717, 1.165) is 5.56 Å². The molecule has 1 amide bonds. The van der Waals surface area contributed by atoms with Crippen molar-refractivity contribution in [3.8, 4) is 17.6 Å². The average molecular weight is 418 g/mol. The molecule has 3 aromatic rings. The van der Waals surface area contributed by atoms with Crippen LogP contribution in [0.2, 0.25) is 0 Å². The summed E-state index contributed by atoms with van der Waals surface area (Å²) in [6.45, 7) is 0.319. The standard InChI is InChI=1S/C23H18N2O4S/c1-28-20-13-17(9-10-19(20)29-23(27)21-8-5-11-30-21)12-18(14-24)22(26)25-15-16-6-3-2-4-7-16/h2-13H,15H2,1H3,(H,25,26)/b18-12-. The zero-order chi connectivity index (χ0) is 21.3. The Kier molecular flexibility index (Phi) is 6.98. The summed E-state index contributed by atoms with van der Waals surface area (Å²) in [5.74, 6) is -0.395. The molecule has 6 nitrogen and oxygen atoms in total. The van der Waals surface area contributed by atoms with E-state index < -0.39 is 11.9 Å². The number of rotatable bonds is 7. The molecule has 0 saturated carbocycles. The summed E-state index contributed by atoms with van der Waals surface area (Å²) in [4.78, 5) is 25.0. The van der Waals surface area contributed by atoms with E-state index in [1.807, 2.05) is 36.4 Å². The van der Waals surface area contributed by atoms with Gasteiger partial charge in [-0.2, -0.15) is 5.26 Å². The number of nitrogens with zero attached hydrogens (tertiary/aromatic N) is 1. The molecule has 0 radical (unpaired) electrons. The van der Waals surface area contributed by atoms with E-state index in [1.54, 1.807) is 35.7 Å². The van der Waals surface area contributed by atoms with Crippen LogP contribution in [0.1, 0.15) is 20.8 Å². The summed E-state index contributed by atoms with van der Waals surface area (Å²) >= 11 is 1.28. The number of hydrogen-bond donors (Lipinski definition) is 1. The van der Waals surface area contributed by atoms with E-state index in [4.69, 9.17) is 9.47 Å². The van der Waals surface area contributed by atoms with Crippen molar-refractivity contribution in [2.45, 2.75) is 6.54 Å². The Morgan fingerprint density at radius 1 is 1.10 bits per heavy atom. The van der Waals surface area contributed by atoms with Gasteiger partial charge < -0.3 is 14.8 Å². The molecular formula is C23H18N2O4S. The number of hydrogen-bond acceptors (Lipinski definition) is 6. The highest BCUT2D eigenvalue weighted by atomic mass is 32.1. The molecule has 0 unspecified atom stereocenters. The van der Waals surface area contributed by atoms with E-state index in [9.17, 15) is 14.9 Å². The lowest BCUT2D eigenvalue weighted by Crippen LogP contribution is -2.23. The number of nitrogens with one attached hydrogen (secondary N) is 1. The lowest BCUT2D eigenvalue weighted by atomic mass is 10.1. The molecule has 0 aliphatic rings. The molecule has 0 bridgehead atoms. The van der Waals surface area contributed by atoms with Crippen LogP contribution in [0.25, 0.3) is 6.08 Å². The number of ether oxygens (including phenoxy) is 2. The van der Waals surface area contributed by atoms with Gasteiger partial charge in [0.15, 0.2) is 11.5 Å². The summed E-state index contributed by atoms with van der Waals surface area (Å²) < 4.78 is 10.7. The molecule has 0 spiro atoms. The number of esters is 1. The maximum Gasteiger partial charge on any atom is 0.353 e. The first-order valence-electron chi connectivity index (χ1n) is 8.98. The number of carbonyl (C=O) groups is 2. The Bertz CT molecular complexity index is 1100. The fraction of sp³-hybridized carbons (Fsp3) is 0.0870. The van der Waals surface area contributed by atoms with Crippen LogP contribution < -0.4 is 14.8 Å². The molecule has 1 aromatic heterocycles. The Morgan fingerprint density at radius 2 is 1.90 bits per heavy atom. The number of methoxy groups -OCH3 is 1. The summed E-state index contributed by atoms with van der Waals surface area (Å²) in [5, 5.41) is 13.9. The minimum atomic E-state index is -0.482. The SMILES string of the molecule is COc1cc(/C=C(/C#N)C(=O)NCc2ccccc2)ccc1OC(=O)c1cccs1. The van der Waals surface area contributed by atoms with Gasteiger partial charge in [0.05, 0.1) is 7.11 Å². The lowest BCUT2D eigenvalue weighted by molar-refractivity contribution is -0.117.